The van der Waals surface area contributed by atoms with Crippen LogP contribution in [0.2, 0.25) is 0 Å². The van der Waals surface area contributed by atoms with Crippen molar-refractivity contribution in [2.24, 2.45) is 5.41 Å². The average molecular weight is 182 g/mol. The molecule has 0 aromatic rings. The lowest BCUT2D eigenvalue weighted by Crippen LogP contribution is -2.22. The molecular formula is C11H22N2. The van der Waals surface area contributed by atoms with Crippen LogP contribution in [0.25, 0.3) is 0 Å². The molecule has 0 aromatic carbocycles. The molecule has 0 aliphatic carbocycles. The van der Waals surface area contributed by atoms with Gasteiger partial charge in [0.05, 0.1) is 0 Å². The second-order valence-electron chi connectivity index (χ2n) is 4.23. The molecule has 76 valence electrons. The Morgan fingerprint density at radius 3 is 2.31 bits per heavy atom. The zero-order chi connectivity index (χ0) is 10.5. The summed E-state index contributed by atoms with van der Waals surface area (Å²) in [5.74, 6) is 0. The summed E-state index contributed by atoms with van der Waals surface area (Å²) < 4.78 is 0. The highest BCUT2D eigenvalue weighted by Gasteiger charge is 2.18. The first-order valence-electron chi connectivity index (χ1n) is 4.64. The molecule has 2 heteroatoms. The minimum absolute atomic E-state index is 0.190. The van der Waals surface area contributed by atoms with Gasteiger partial charge in [-0.3, -0.25) is 0 Å². The summed E-state index contributed by atoms with van der Waals surface area (Å²) in [5, 5.41) is 0. The molecule has 0 radical (unpaired) electrons. The van der Waals surface area contributed by atoms with Gasteiger partial charge in [0.15, 0.2) is 0 Å². The summed E-state index contributed by atoms with van der Waals surface area (Å²) in [6.45, 7) is 12.6. The van der Waals surface area contributed by atoms with Crippen LogP contribution in [0, 0.1) is 5.41 Å². The molecule has 0 amide bonds. The molecule has 0 aromatic heterocycles. The minimum Gasteiger partial charge on any atom is -0.329 e. The van der Waals surface area contributed by atoms with E-state index in [0.717, 1.165) is 6.42 Å². The van der Waals surface area contributed by atoms with Gasteiger partial charge in [0.2, 0.25) is 0 Å². The zero-order valence-electron chi connectivity index (χ0n) is 9.49. The van der Waals surface area contributed by atoms with E-state index in [-0.39, 0.29) is 5.41 Å². The van der Waals surface area contributed by atoms with Crippen molar-refractivity contribution < 1.29 is 0 Å². The van der Waals surface area contributed by atoms with Crippen LogP contribution in [0.3, 0.4) is 0 Å². The van der Waals surface area contributed by atoms with Crippen molar-refractivity contribution in [1.82, 2.24) is 10.9 Å². The predicted octanol–water partition coefficient (Wildman–Crippen LogP) is 2.61. The fourth-order valence-corrected chi connectivity index (χ4v) is 1.09. The SMILES string of the molecule is C=C(C)C(C)(C)C/C(C)=C/NNC. The van der Waals surface area contributed by atoms with E-state index in [0.29, 0.717) is 0 Å². The Hall–Kier alpha value is -0.760. The topological polar surface area (TPSA) is 24.1 Å². The molecule has 0 aliphatic rings. The first kappa shape index (κ1) is 12.2. The van der Waals surface area contributed by atoms with Crippen LogP contribution in [0.1, 0.15) is 34.1 Å². The van der Waals surface area contributed by atoms with E-state index in [1.165, 1.54) is 11.1 Å². The van der Waals surface area contributed by atoms with Gasteiger partial charge in [-0.25, -0.2) is 5.43 Å². The van der Waals surface area contributed by atoms with Crippen LogP contribution in [0.5, 0.6) is 0 Å². The molecule has 0 saturated carbocycles. The maximum absolute atomic E-state index is 4.00. The molecule has 0 spiro atoms. The molecule has 0 heterocycles. The van der Waals surface area contributed by atoms with Crippen molar-refractivity contribution in [3.63, 3.8) is 0 Å². The Morgan fingerprint density at radius 2 is 1.92 bits per heavy atom. The zero-order valence-corrected chi connectivity index (χ0v) is 9.49. The summed E-state index contributed by atoms with van der Waals surface area (Å²) >= 11 is 0. The van der Waals surface area contributed by atoms with E-state index in [4.69, 9.17) is 0 Å². The van der Waals surface area contributed by atoms with Gasteiger partial charge in [0.1, 0.15) is 0 Å². The highest BCUT2D eigenvalue weighted by atomic mass is 15.3. The molecule has 0 unspecified atom stereocenters. The number of hydrazine groups is 1. The lowest BCUT2D eigenvalue weighted by atomic mass is 9.80. The van der Waals surface area contributed by atoms with Crippen molar-refractivity contribution in [3.05, 3.63) is 23.9 Å². The highest BCUT2D eigenvalue weighted by molar-refractivity contribution is 5.10. The Kier molecular flexibility index (Phi) is 4.78. The number of hydrogen-bond acceptors (Lipinski definition) is 2. The number of allylic oxidation sites excluding steroid dienone is 2. The summed E-state index contributed by atoms with van der Waals surface area (Å²) in [6.07, 6.45) is 3.03. The highest BCUT2D eigenvalue weighted by Crippen LogP contribution is 2.31. The standard InChI is InChI=1S/C11H22N2/c1-9(2)11(4,5)7-10(3)8-13-12-6/h8,12-13H,1,7H2,2-6H3/b10-8+. The monoisotopic (exact) mass is 182 g/mol. The van der Waals surface area contributed by atoms with Crippen molar-refractivity contribution in [1.29, 1.82) is 0 Å². The number of hydrogen-bond donors (Lipinski definition) is 2. The van der Waals surface area contributed by atoms with Gasteiger partial charge in [0.25, 0.3) is 0 Å². The third kappa shape index (κ3) is 4.73. The molecule has 2 N–H and O–H groups in total. The van der Waals surface area contributed by atoms with Crippen molar-refractivity contribution in [3.8, 4) is 0 Å². The second kappa shape index (κ2) is 5.07. The van der Waals surface area contributed by atoms with Gasteiger partial charge in [-0.15, -0.1) is 0 Å². The first-order valence-corrected chi connectivity index (χ1v) is 4.64. The molecule has 0 aliphatic heterocycles. The summed E-state index contributed by atoms with van der Waals surface area (Å²) in [7, 11) is 1.85. The van der Waals surface area contributed by atoms with E-state index in [1.807, 2.05) is 13.2 Å². The Balaban J connectivity index is 4.18. The van der Waals surface area contributed by atoms with Gasteiger partial charge in [-0.05, 0) is 25.7 Å². The fraction of sp³-hybridized carbons (Fsp3) is 0.636. The van der Waals surface area contributed by atoms with Gasteiger partial charge in [-0.2, -0.15) is 0 Å². The summed E-state index contributed by atoms with van der Waals surface area (Å²) in [4.78, 5) is 0. The van der Waals surface area contributed by atoms with Crippen molar-refractivity contribution in [2.45, 2.75) is 34.1 Å². The van der Waals surface area contributed by atoms with Gasteiger partial charge in [0, 0.05) is 13.2 Å². The van der Waals surface area contributed by atoms with E-state index in [9.17, 15) is 0 Å². The predicted molar refractivity (Wildman–Crippen MR) is 59.2 cm³/mol. The lowest BCUT2D eigenvalue weighted by molar-refractivity contribution is 0.441. The molecule has 0 fully saturated rings. The molecule has 0 saturated heterocycles. The average Bonchev–Trinajstić information content (AvgIpc) is 1.99. The quantitative estimate of drug-likeness (QED) is 0.504. The Labute approximate surface area is 82.1 Å². The molecule has 2 nitrogen and oxygen atoms in total. The van der Waals surface area contributed by atoms with Crippen LogP contribution in [0.4, 0.5) is 0 Å². The third-order valence-corrected chi connectivity index (χ3v) is 2.34. The maximum Gasteiger partial charge on any atom is 0.0114 e. The van der Waals surface area contributed by atoms with Crippen molar-refractivity contribution in [2.75, 3.05) is 7.05 Å². The largest absolute Gasteiger partial charge is 0.329 e. The minimum atomic E-state index is 0.190. The smallest absolute Gasteiger partial charge is 0.0114 e. The van der Waals surface area contributed by atoms with Gasteiger partial charge >= 0.3 is 0 Å². The van der Waals surface area contributed by atoms with E-state index >= 15 is 0 Å². The summed E-state index contributed by atoms with van der Waals surface area (Å²) in [6, 6.07) is 0. The molecule has 0 bridgehead atoms. The van der Waals surface area contributed by atoms with Crippen LogP contribution in [0.15, 0.2) is 23.9 Å². The maximum atomic E-state index is 4.00. The van der Waals surface area contributed by atoms with Gasteiger partial charge < -0.3 is 5.43 Å². The Morgan fingerprint density at radius 1 is 1.38 bits per heavy atom. The van der Waals surface area contributed by atoms with Crippen LogP contribution in [-0.4, -0.2) is 7.05 Å². The number of rotatable bonds is 5. The third-order valence-electron chi connectivity index (χ3n) is 2.34. The molecule has 13 heavy (non-hydrogen) atoms. The molecular weight excluding hydrogens is 160 g/mol. The van der Waals surface area contributed by atoms with Gasteiger partial charge in [-0.1, -0.05) is 31.6 Å². The normalized spacial score (nSPS) is 12.8. The van der Waals surface area contributed by atoms with Crippen LogP contribution in [-0.2, 0) is 0 Å². The van der Waals surface area contributed by atoms with E-state index < -0.39 is 0 Å². The fourth-order valence-electron chi connectivity index (χ4n) is 1.09. The van der Waals surface area contributed by atoms with E-state index in [2.05, 4.69) is 45.1 Å². The van der Waals surface area contributed by atoms with E-state index in [1.54, 1.807) is 0 Å². The first-order chi connectivity index (χ1) is 5.90. The summed E-state index contributed by atoms with van der Waals surface area (Å²) in [5.41, 5.74) is 8.57. The van der Waals surface area contributed by atoms with Crippen LogP contribution >= 0.6 is 0 Å². The molecule has 0 rings (SSSR count). The van der Waals surface area contributed by atoms with Crippen LogP contribution < -0.4 is 10.9 Å². The Bertz CT molecular complexity index is 202. The molecule has 0 atom stereocenters. The lowest BCUT2D eigenvalue weighted by Gasteiger charge is -2.25. The second-order valence-corrected chi connectivity index (χ2v) is 4.23. The van der Waals surface area contributed by atoms with Crippen molar-refractivity contribution >= 4 is 0 Å². The number of nitrogens with one attached hydrogen (secondary N) is 2.